The molecule has 19 heavy (non-hydrogen) atoms. The Morgan fingerprint density at radius 2 is 2.00 bits per heavy atom. The molecule has 0 saturated carbocycles. The van der Waals surface area contributed by atoms with E-state index in [1.165, 1.54) is 6.92 Å². The number of anilines is 1. The van der Waals surface area contributed by atoms with Crippen molar-refractivity contribution in [2.24, 2.45) is 0 Å². The van der Waals surface area contributed by atoms with Crippen molar-refractivity contribution in [1.82, 2.24) is 4.98 Å². The highest BCUT2D eigenvalue weighted by Gasteiger charge is 2.09. The number of ether oxygens (including phenoxy) is 1. The molecule has 0 aliphatic rings. The van der Waals surface area contributed by atoms with Gasteiger partial charge in [-0.25, -0.2) is 4.98 Å². The van der Waals surface area contributed by atoms with Crippen molar-refractivity contribution in [2.75, 3.05) is 12.4 Å². The molecule has 1 heterocycles. The summed E-state index contributed by atoms with van der Waals surface area (Å²) >= 11 is 0. The van der Waals surface area contributed by atoms with Gasteiger partial charge in [-0.15, -0.1) is 0 Å². The largest absolute Gasteiger partial charge is 0.496 e. The third-order valence-corrected chi connectivity index (χ3v) is 2.80. The first-order valence-electron chi connectivity index (χ1n) is 5.99. The molecular formula is C15H16N2O2. The summed E-state index contributed by atoms with van der Waals surface area (Å²) in [6, 6.07) is 9.63. The molecule has 1 aromatic heterocycles. The lowest BCUT2D eigenvalue weighted by Gasteiger charge is -2.12. The molecule has 1 aromatic carbocycles. The fraction of sp³-hybridized carbons (Fsp3) is 0.200. The van der Waals surface area contributed by atoms with Crippen LogP contribution >= 0.6 is 0 Å². The average molecular weight is 256 g/mol. The second-order valence-corrected chi connectivity index (χ2v) is 4.27. The van der Waals surface area contributed by atoms with Gasteiger partial charge < -0.3 is 10.1 Å². The fourth-order valence-electron chi connectivity index (χ4n) is 1.93. The highest BCUT2D eigenvalue weighted by molar-refractivity contribution is 5.88. The van der Waals surface area contributed by atoms with Gasteiger partial charge in [0.15, 0.2) is 0 Å². The Labute approximate surface area is 112 Å². The standard InChI is InChI=1S/C15H16N2O2/c1-10-9-16-15(17-11(2)18)8-13(10)12-6-4-5-7-14(12)19-3/h4-9H,1-3H3,(H,16,17,18). The molecule has 0 unspecified atom stereocenters. The van der Waals surface area contributed by atoms with Gasteiger partial charge in [0.05, 0.1) is 7.11 Å². The Morgan fingerprint density at radius 1 is 1.26 bits per heavy atom. The zero-order valence-electron chi connectivity index (χ0n) is 11.2. The smallest absolute Gasteiger partial charge is 0.222 e. The van der Waals surface area contributed by atoms with E-state index in [-0.39, 0.29) is 5.91 Å². The summed E-state index contributed by atoms with van der Waals surface area (Å²) in [5.74, 6) is 1.20. The van der Waals surface area contributed by atoms with Crippen LogP contribution in [0.5, 0.6) is 5.75 Å². The molecule has 4 heteroatoms. The zero-order chi connectivity index (χ0) is 13.8. The SMILES string of the molecule is COc1ccccc1-c1cc(NC(C)=O)ncc1C. The van der Waals surface area contributed by atoms with E-state index in [0.717, 1.165) is 22.4 Å². The third-order valence-electron chi connectivity index (χ3n) is 2.80. The van der Waals surface area contributed by atoms with Crippen LogP contribution in [-0.2, 0) is 4.79 Å². The molecule has 0 spiro atoms. The highest BCUT2D eigenvalue weighted by atomic mass is 16.5. The van der Waals surface area contributed by atoms with E-state index >= 15 is 0 Å². The molecule has 2 aromatic rings. The zero-order valence-corrected chi connectivity index (χ0v) is 11.2. The quantitative estimate of drug-likeness (QED) is 0.918. The van der Waals surface area contributed by atoms with Crippen LogP contribution in [0.15, 0.2) is 36.5 Å². The Balaban J connectivity index is 2.51. The van der Waals surface area contributed by atoms with E-state index in [9.17, 15) is 4.79 Å². The second-order valence-electron chi connectivity index (χ2n) is 4.27. The lowest BCUT2D eigenvalue weighted by Crippen LogP contribution is -2.07. The first kappa shape index (κ1) is 13.1. The van der Waals surface area contributed by atoms with Crippen molar-refractivity contribution in [3.05, 3.63) is 42.1 Å². The number of aryl methyl sites for hydroxylation is 1. The topological polar surface area (TPSA) is 51.2 Å². The number of hydrogen-bond acceptors (Lipinski definition) is 3. The molecule has 0 atom stereocenters. The predicted octanol–water partition coefficient (Wildman–Crippen LogP) is 3.02. The molecule has 0 aliphatic heterocycles. The number of rotatable bonds is 3. The van der Waals surface area contributed by atoms with Gasteiger partial charge in [0.25, 0.3) is 0 Å². The van der Waals surface area contributed by atoms with Crippen molar-refractivity contribution >= 4 is 11.7 Å². The highest BCUT2D eigenvalue weighted by Crippen LogP contribution is 2.32. The van der Waals surface area contributed by atoms with E-state index in [1.54, 1.807) is 13.3 Å². The van der Waals surface area contributed by atoms with E-state index in [0.29, 0.717) is 5.82 Å². The summed E-state index contributed by atoms with van der Waals surface area (Å²) in [5, 5.41) is 2.69. The lowest BCUT2D eigenvalue weighted by molar-refractivity contribution is -0.114. The van der Waals surface area contributed by atoms with E-state index in [2.05, 4.69) is 10.3 Å². The molecular weight excluding hydrogens is 240 g/mol. The molecule has 4 nitrogen and oxygen atoms in total. The summed E-state index contributed by atoms with van der Waals surface area (Å²) in [5.41, 5.74) is 3.01. The summed E-state index contributed by atoms with van der Waals surface area (Å²) in [4.78, 5) is 15.3. The molecule has 0 saturated heterocycles. The number of amides is 1. The molecule has 0 aliphatic carbocycles. The number of aromatic nitrogens is 1. The van der Waals surface area contributed by atoms with Gasteiger partial charge in [0, 0.05) is 18.7 Å². The number of pyridine rings is 1. The minimum atomic E-state index is -0.137. The molecule has 1 amide bonds. The van der Waals surface area contributed by atoms with E-state index in [4.69, 9.17) is 4.74 Å². The maximum absolute atomic E-state index is 11.1. The normalized spacial score (nSPS) is 10.1. The molecule has 1 N–H and O–H groups in total. The van der Waals surface area contributed by atoms with Gasteiger partial charge in [-0.2, -0.15) is 0 Å². The van der Waals surface area contributed by atoms with Gasteiger partial charge in [0.2, 0.25) is 5.91 Å². The van der Waals surface area contributed by atoms with Gasteiger partial charge in [-0.1, -0.05) is 18.2 Å². The molecule has 0 fully saturated rings. The van der Waals surface area contributed by atoms with Gasteiger partial charge >= 0.3 is 0 Å². The summed E-state index contributed by atoms with van der Waals surface area (Å²) in [6.07, 6.45) is 1.74. The maximum Gasteiger partial charge on any atom is 0.222 e. The van der Waals surface area contributed by atoms with Crippen LogP contribution in [0.4, 0.5) is 5.82 Å². The van der Waals surface area contributed by atoms with Crippen molar-refractivity contribution in [3.8, 4) is 16.9 Å². The second kappa shape index (κ2) is 5.52. The number of methoxy groups -OCH3 is 1. The number of carbonyl (C=O) groups is 1. The minimum Gasteiger partial charge on any atom is -0.496 e. The average Bonchev–Trinajstić information content (AvgIpc) is 2.40. The Bertz CT molecular complexity index is 609. The van der Waals surface area contributed by atoms with Crippen molar-refractivity contribution < 1.29 is 9.53 Å². The van der Waals surface area contributed by atoms with Crippen LogP contribution in [-0.4, -0.2) is 18.0 Å². The van der Waals surface area contributed by atoms with Crippen LogP contribution < -0.4 is 10.1 Å². The van der Waals surface area contributed by atoms with E-state index in [1.807, 2.05) is 37.3 Å². The number of nitrogens with one attached hydrogen (secondary N) is 1. The van der Waals surface area contributed by atoms with Gasteiger partial charge in [0.1, 0.15) is 11.6 Å². The Morgan fingerprint density at radius 3 is 2.68 bits per heavy atom. The first-order valence-corrected chi connectivity index (χ1v) is 5.99. The third kappa shape index (κ3) is 2.91. The minimum absolute atomic E-state index is 0.137. The monoisotopic (exact) mass is 256 g/mol. The fourth-order valence-corrected chi connectivity index (χ4v) is 1.93. The van der Waals surface area contributed by atoms with Crippen molar-refractivity contribution in [3.63, 3.8) is 0 Å². The van der Waals surface area contributed by atoms with Crippen molar-refractivity contribution in [1.29, 1.82) is 0 Å². The first-order chi connectivity index (χ1) is 9.11. The molecule has 98 valence electrons. The van der Waals surface area contributed by atoms with Gasteiger partial charge in [-0.05, 0) is 30.2 Å². The van der Waals surface area contributed by atoms with Crippen molar-refractivity contribution in [2.45, 2.75) is 13.8 Å². The summed E-state index contributed by atoms with van der Waals surface area (Å²) < 4.78 is 5.37. The Kier molecular flexibility index (Phi) is 3.80. The predicted molar refractivity (Wildman–Crippen MR) is 75.3 cm³/mol. The van der Waals surface area contributed by atoms with Crippen LogP contribution in [0.1, 0.15) is 12.5 Å². The van der Waals surface area contributed by atoms with Gasteiger partial charge in [-0.3, -0.25) is 4.79 Å². The maximum atomic E-state index is 11.1. The lowest BCUT2D eigenvalue weighted by atomic mass is 10.0. The van der Waals surface area contributed by atoms with Crippen LogP contribution in [0, 0.1) is 6.92 Å². The number of benzene rings is 1. The Hall–Kier alpha value is -2.36. The number of carbonyl (C=O) groups excluding carboxylic acids is 1. The molecule has 2 rings (SSSR count). The molecule has 0 radical (unpaired) electrons. The summed E-state index contributed by atoms with van der Waals surface area (Å²) in [7, 11) is 1.64. The molecule has 0 bridgehead atoms. The number of nitrogens with zero attached hydrogens (tertiary/aromatic N) is 1. The summed E-state index contributed by atoms with van der Waals surface area (Å²) in [6.45, 7) is 3.44. The van der Waals surface area contributed by atoms with Crippen LogP contribution in [0.25, 0.3) is 11.1 Å². The van der Waals surface area contributed by atoms with Crippen LogP contribution in [0.2, 0.25) is 0 Å². The number of hydrogen-bond donors (Lipinski definition) is 1. The van der Waals surface area contributed by atoms with E-state index < -0.39 is 0 Å². The van der Waals surface area contributed by atoms with Crippen LogP contribution in [0.3, 0.4) is 0 Å². The number of para-hydroxylation sites is 1.